The van der Waals surface area contributed by atoms with Gasteiger partial charge in [-0.25, -0.2) is 12.7 Å². The van der Waals surface area contributed by atoms with Crippen LogP contribution in [-0.2, 0) is 14.8 Å². The first-order chi connectivity index (χ1) is 12.2. The average molecular weight is 442 g/mol. The summed E-state index contributed by atoms with van der Waals surface area (Å²) < 4.78 is 31.4. The third kappa shape index (κ3) is 4.96. The Bertz CT molecular complexity index is 901. The molecule has 0 radical (unpaired) electrons. The lowest BCUT2D eigenvalue weighted by molar-refractivity contribution is -0.114. The predicted octanol–water partition coefficient (Wildman–Crippen LogP) is 2.76. The number of methoxy groups -OCH3 is 1. The molecule has 0 saturated carbocycles. The molecule has 1 amide bonds. The summed E-state index contributed by atoms with van der Waals surface area (Å²) in [5.74, 6) is 0.358. The van der Waals surface area contributed by atoms with Gasteiger partial charge in [0.1, 0.15) is 5.75 Å². The highest BCUT2D eigenvalue weighted by atomic mass is 79.9. The second kappa shape index (κ2) is 8.52. The Kier molecular flexibility index (Phi) is 6.63. The molecular formula is C17H20BrN3O4S. The molecule has 0 bridgehead atoms. The van der Waals surface area contributed by atoms with Gasteiger partial charge >= 0.3 is 0 Å². The van der Waals surface area contributed by atoms with Crippen LogP contribution in [0.4, 0.5) is 11.4 Å². The first-order valence-corrected chi connectivity index (χ1v) is 9.87. The quantitative estimate of drug-likeness (QED) is 0.689. The van der Waals surface area contributed by atoms with Crippen LogP contribution < -0.4 is 15.4 Å². The lowest BCUT2D eigenvalue weighted by Gasteiger charge is -2.13. The van der Waals surface area contributed by atoms with E-state index in [1.807, 2.05) is 6.07 Å². The van der Waals surface area contributed by atoms with E-state index in [1.54, 1.807) is 31.4 Å². The number of ether oxygens (including phenoxy) is 1. The van der Waals surface area contributed by atoms with Crippen LogP contribution in [0.15, 0.2) is 51.8 Å². The van der Waals surface area contributed by atoms with E-state index >= 15 is 0 Å². The highest BCUT2D eigenvalue weighted by Gasteiger charge is 2.17. The van der Waals surface area contributed by atoms with Gasteiger partial charge < -0.3 is 15.4 Å². The van der Waals surface area contributed by atoms with Gasteiger partial charge in [-0.1, -0.05) is 6.07 Å². The van der Waals surface area contributed by atoms with Crippen LogP contribution in [0.3, 0.4) is 0 Å². The highest BCUT2D eigenvalue weighted by Crippen LogP contribution is 2.27. The van der Waals surface area contributed by atoms with Gasteiger partial charge in [-0.15, -0.1) is 0 Å². The Balaban J connectivity index is 2.05. The molecule has 2 N–H and O–H groups in total. The first-order valence-electron chi connectivity index (χ1n) is 7.64. The molecular weight excluding hydrogens is 422 g/mol. The Morgan fingerprint density at radius 3 is 2.58 bits per heavy atom. The van der Waals surface area contributed by atoms with Crippen molar-refractivity contribution in [1.29, 1.82) is 0 Å². The molecule has 0 atom stereocenters. The van der Waals surface area contributed by atoms with E-state index in [9.17, 15) is 13.2 Å². The van der Waals surface area contributed by atoms with Crippen molar-refractivity contribution in [1.82, 2.24) is 4.31 Å². The fourth-order valence-corrected chi connectivity index (χ4v) is 3.43. The Morgan fingerprint density at radius 2 is 1.92 bits per heavy atom. The van der Waals surface area contributed by atoms with Crippen molar-refractivity contribution in [3.05, 3.63) is 46.9 Å². The molecule has 9 heteroatoms. The topological polar surface area (TPSA) is 87.7 Å². The molecule has 2 rings (SSSR count). The summed E-state index contributed by atoms with van der Waals surface area (Å²) >= 11 is 3.40. The summed E-state index contributed by atoms with van der Waals surface area (Å²) in [6.07, 6.45) is 0. The number of hydrogen-bond acceptors (Lipinski definition) is 5. The van der Waals surface area contributed by atoms with Crippen LogP contribution >= 0.6 is 15.9 Å². The Morgan fingerprint density at radius 1 is 1.19 bits per heavy atom. The number of halogens is 1. The van der Waals surface area contributed by atoms with E-state index < -0.39 is 10.0 Å². The average Bonchev–Trinajstić information content (AvgIpc) is 2.61. The maximum atomic E-state index is 12.2. The summed E-state index contributed by atoms with van der Waals surface area (Å²) in [4.78, 5) is 12.3. The van der Waals surface area contributed by atoms with Crippen molar-refractivity contribution in [3.8, 4) is 5.75 Å². The van der Waals surface area contributed by atoms with Gasteiger partial charge in [0.25, 0.3) is 0 Å². The molecule has 0 aliphatic rings. The normalized spacial score (nSPS) is 11.3. The van der Waals surface area contributed by atoms with Crippen molar-refractivity contribution >= 4 is 43.2 Å². The zero-order valence-corrected chi connectivity index (χ0v) is 17.0. The van der Waals surface area contributed by atoms with Gasteiger partial charge in [0, 0.05) is 30.3 Å². The number of rotatable bonds is 7. The molecule has 0 aliphatic carbocycles. The smallest absolute Gasteiger partial charge is 0.243 e. The molecule has 2 aromatic rings. The standard InChI is InChI=1S/C17H20BrN3O4S/c1-21(2)26(23,24)14-6-4-5-12(9-14)20-17(22)11-19-16-10-13(25-3)7-8-15(16)18/h4-10,19H,11H2,1-3H3,(H,20,22). The molecule has 26 heavy (non-hydrogen) atoms. The fourth-order valence-electron chi connectivity index (χ4n) is 2.09. The molecule has 0 spiro atoms. The van der Waals surface area contributed by atoms with Crippen LogP contribution in [0, 0.1) is 0 Å². The van der Waals surface area contributed by atoms with Gasteiger partial charge in [0.15, 0.2) is 0 Å². The van der Waals surface area contributed by atoms with Crippen molar-refractivity contribution in [2.75, 3.05) is 38.4 Å². The lowest BCUT2D eigenvalue weighted by Crippen LogP contribution is -2.23. The van der Waals surface area contributed by atoms with Crippen LogP contribution in [0.5, 0.6) is 5.75 Å². The van der Waals surface area contributed by atoms with Crippen LogP contribution in [-0.4, -0.2) is 46.4 Å². The molecule has 0 heterocycles. The largest absolute Gasteiger partial charge is 0.497 e. The second-order valence-corrected chi connectivity index (χ2v) is 8.57. The number of carbonyl (C=O) groups excluding carboxylic acids is 1. The van der Waals surface area contributed by atoms with Crippen molar-refractivity contribution in [2.45, 2.75) is 4.90 Å². The van der Waals surface area contributed by atoms with Gasteiger partial charge in [0.05, 0.1) is 24.2 Å². The third-order valence-electron chi connectivity index (χ3n) is 3.51. The monoisotopic (exact) mass is 441 g/mol. The minimum Gasteiger partial charge on any atom is -0.497 e. The molecule has 0 unspecified atom stereocenters. The third-order valence-corrected chi connectivity index (χ3v) is 6.01. The molecule has 0 fully saturated rings. The maximum absolute atomic E-state index is 12.2. The number of carbonyl (C=O) groups is 1. The van der Waals surface area contributed by atoms with Crippen LogP contribution in [0.2, 0.25) is 0 Å². The number of nitrogens with zero attached hydrogens (tertiary/aromatic N) is 1. The van der Waals surface area contributed by atoms with E-state index in [2.05, 4.69) is 26.6 Å². The highest BCUT2D eigenvalue weighted by molar-refractivity contribution is 9.10. The Hall–Kier alpha value is -2.10. The maximum Gasteiger partial charge on any atom is 0.243 e. The minimum atomic E-state index is -3.56. The van der Waals surface area contributed by atoms with E-state index in [-0.39, 0.29) is 17.3 Å². The number of sulfonamides is 1. The number of amides is 1. The van der Waals surface area contributed by atoms with Gasteiger partial charge in [-0.05, 0) is 46.3 Å². The predicted molar refractivity (Wildman–Crippen MR) is 105 cm³/mol. The molecule has 7 nitrogen and oxygen atoms in total. The van der Waals surface area contributed by atoms with E-state index in [4.69, 9.17) is 4.74 Å². The van der Waals surface area contributed by atoms with Crippen LogP contribution in [0.1, 0.15) is 0 Å². The molecule has 2 aromatic carbocycles. The molecule has 140 valence electrons. The van der Waals surface area contributed by atoms with Crippen molar-refractivity contribution < 1.29 is 17.9 Å². The van der Waals surface area contributed by atoms with Crippen molar-refractivity contribution in [2.24, 2.45) is 0 Å². The van der Waals surface area contributed by atoms with Crippen LogP contribution in [0.25, 0.3) is 0 Å². The summed E-state index contributed by atoms with van der Waals surface area (Å²) in [6, 6.07) is 11.5. The number of benzene rings is 2. The summed E-state index contributed by atoms with van der Waals surface area (Å²) in [6.45, 7) is 0.0103. The summed E-state index contributed by atoms with van der Waals surface area (Å²) in [5.41, 5.74) is 1.12. The summed E-state index contributed by atoms with van der Waals surface area (Å²) in [5, 5.41) is 5.69. The zero-order chi connectivity index (χ0) is 19.3. The van der Waals surface area contributed by atoms with Gasteiger partial charge in [0.2, 0.25) is 15.9 Å². The molecule has 0 saturated heterocycles. The van der Waals surface area contributed by atoms with E-state index in [0.29, 0.717) is 17.1 Å². The summed E-state index contributed by atoms with van der Waals surface area (Å²) in [7, 11) is 0.916. The van der Waals surface area contributed by atoms with Gasteiger partial charge in [-0.3, -0.25) is 4.79 Å². The van der Waals surface area contributed by atoms with E-state index in [0.717, 1.165) is 8.78 Å². The zero-order valence-electron chi connectivity index (χ0n) is 14.6. The SMILES string of the molecule is COc1ccc(Br)c(NCC(=O)Nc2cccc(S(=O)(=O)N(C)C)c2)c1. The minimum absolute atomic E-state index is 0.0103. The first kappa shape index (κ1) is 20.2. The van der Waals surface area contributed by atoms with E-state index in [1.165, 1.54) is 26.2 Å². The Labute approximate surface area is 161 Å². The molecule has 0 aromatic heterocycles. The lowest BCUT2D eigenvalue weighted by atomic mass is 10.3. The second-order valence-electron chi connectivity index (χ2n) is 5.56. The van der Waals surface area contributed by atoms with Crippen molar-refractivity contribution in [3.63, 3.8) is 0 Å². The molecule has 0 aliphatic heterocycles. The number of hydrogen-bond donors (Lipinski definition) is 2. The van der Waals surface area contributed by atoms with Gasteiger partial charge in [-0.2, -0.15) is 0 Å². The number of anilines is 2. The number of nitrogens with one attached hydrogen (secondary N) is 2. The fraction of sp³-hybridized carbons (Fsp3) is 0.235.